The van der Waals surface area contributed by atoms with E-state index in [0.717, 1.165) is 6.08 Å². The maximum atomic E-state index is 10.2. The van der Waals surface area contributed by atoms with Gasteiger partial charge in [-0.05, 0) is 17.7 Å². The first-order valence-electron chi connectivity index (χ1n) is 3.46. The van der Waals surface area contributed by atoms with Crippen molar-refractivity contribution in [2.24, 2.45) is 0 Å². The molecule has 0 saturated heterocycles. The van der Waals surface area contributed by atoms with E-state index in [1.54, 1.807) is 18.2 Å². The van der Waals surface area contributed by atoms with Crippen molar-refractivity contribution in [2.75, 3.05) is 0 Å². The summed E-state index contributed by atoms with van der Waals surface area (Å²) in [4.78, 5) is 10.2. The van der Waals surface area contributed by atoms with Crippen LogP contribution in [0.25, 0.3) is 6.08 Å². The molecule has 0 aromatic heterocycles. The molecule has 1 aromatic carbocycles. The van der Waals surface area contributed by atoms with Gasteiger partial charge in [-0.3, -0.25) is 0 Å². The molecule has 0 fully saturated rings. The van der Waals surface area contributed by atoms with E-state index in [1.807, 2.05) is 0 Å². The molecule has 0 aliphatic carbocycles. The average molecular weight is 217 g/mol. The molecule has 0 amide bonds. The minimum atomic E-state index is -1.02. The number of rotatable bonds is 2. The quantitative estimate of drug-likeness (QED) is 0.772. The topological polar surface area (TPSA) is 37.3 Å². The van der Waals surface area contributed by atoms with Crippen molar-refractivity contribution in [3.8, 4) is 0 Å². The lowest BCUT2D eigenvalue weighted by molar-refractivity contribution is -0.131. The molecule has 0 atom stereocenters. The van der Waals surface area contributed by atoms with Gasteiger partial charge in [0.2, 0.25) is 0 Å². The highest BCUT2D eigenvalue weighted by atomic mass is 35.5. The van der Waals surface area contributed by atoms with Crippen LogP contribution in [0.15, 0.2) is 24.3 Å². The van der Waals surface area contributed by atoms with Crippen LogP contribution in [0.1, 0.15) is 5.56 Å². The van der Waals surface area contributed by atoms with Crippen molar-refractivity contribution in [3.63, 3.8) is 0 Å². The summed E-state index contributed by atoms with van der Waals surface area (Å²) < 4.78 is 0. The predicted octanol–water partition coefficient (Wildman–Crippen LogP) is 3.09. The monoisotopic (exact) mass is 216 g/mol. The summed E-state index contributed by atoms with van der Waals surface area (Å²) in [6.45, 7) is 0. The molecule has 0 spiro atoms. The van der Waals surface area contributed by atoms with E-state index in [0.29, 0.717) is 15.6 Å². The molecular weight excluding hydrogens is 211 g/mol. The molecule has 68 valence electrons. The Hall–Kier alpha value is -0.990. The second-order valence-electron chi connectivity index (χ2n) is 2.31. The van der Waals surface area contributed by atoms with Crippen LogP contribution in [0.2, 0.25) is 10.0 Å². The number of carboxylic acid groups (broad SMARTS) is 1. The molecule has 0 aliphatic heterocycles. The third-order valence-electron chi connectivity index (χ3n) is 1.39. The Kier molecular flexibility index (Phi) is 3.34. The van der Waals surface area contributed by atoms with Gasteiger partial charge in [0, 0.05) is 6.08 Å². The van der Waals surface area contributed by atoms with Crippen molar-refractivity contribution in [2.45, 2.75) is 0 Å². The van der Waals surface area contributed by atoms with Crippen LogP contribution < -0.4 is 0 Å². The van der Waals surface area contributed by atoms with Gasteiger partial charge in [0.15, 0.2) is 0 Å². The van der Waals surface area contributed by atoms with Crippen molar-refractivity contribution < 1.29 is 9.90 Å². The van der Waals surface area contributed by atoms with Gasteiger partial charge in [-0.2, -0.15) is 0 Å². The molecule has 1 N–H and O–H groups in total. The highest BCUT2D eigenvalue weighted by Gasteiger charge is 2.00. The lowest BCUT2D eigenvalue weighted by atomic mass is 10.2. The lowest BCUT2D eigenvalue weighted by Crippen LogP contribution is -1.86. The SMILES string of the molecule is O=C(O)/C=C/c1cccc(Cl)c1Cl. The Balaban J connectivity index is 3.02. The molecule has 0 aliphatic rings. The number of halogens is 2. The molecule has 0 unspecified atom stereocenters. The number of hydrogen-bond acceptors (Lipinski definition) is 1. The fourth-order valence-corrected chi connectivity index (χ4v) is 1.18. The van der Waals surface area contributed by atoms with E-state index >= 15 is 0 Å². The Morgan fingerprint density at radius 1 is 1.38 bits per heavy atom. The van der Waals surface area contributed by atoms with Crippen molar-refractivity contribution in [1.82, 2.24) is 0 Å². The minimum Gasteiger partial charge on any atom is -0.478 e. The van der Waals surface area contributed by atoms with E-state index in [2.05, 4.69) is 0 Å². The molecule has 1 rings (SSSR count). The van der Waals surface area contributed by atoms with Gasteiger partial charge in [0.1, 0.15) is 0 Å². The molecule has 4 heteroatoms. The third-order valence-corrected chi connectivity index (χ3v) is 2.22. The summed E-state index contributed by atoms with van der Waals surface area (Å²) in [6.07, 6.45) is 2.41. The molecule has 0 bridgehead atoms. The van der Waals surface area contributed by atoms with Crippen LogP contribution in [0.3, 0.4) is 0 Å². The van der Waals surface area contributed by atoms with Crippen LogP contribution >= 0.6 is 23.2 Å². The van der Waals surface area contributed by atoms with Gasteiger partial charge < -0.3 is 5.11 Å². The first-order chi connectivity index (χ1) is 6.11. The zero-order valence-corrected chi connectivity index (χ0v) is 8.01. The molecule has 13 heavy (non-hydrogen) atoms. The van der Waals surface area contributed by atoms with Gasteiger partial charge in [0.05, 0.1) is 10.0 Å². The fraction of sp³-hybridized carbons (Fsp3) is 0. The zero-order chi connectivity index (χ0) is 9.84. The number of benzene rings is 1. The Labute approximate surface area is 85.4 Å². The Morgan fingerprint density at radius 2 is 2.08 bits per heavy atom. The average Bonchev–Trinajstić information content (AvgIpc) is 2.07. The summed E-state index contributed by atoms with van der Waals surface area (Å²) in [5.74, 6) is -1.02. The lowest BCUT2D eigenvalue weighted by Gasteiger charge is -1.98. The first kappa shape index (κ1) is 10.1. The molecule has 0 saturated carbocycles. The minimum absolute atomic E-state index is 0.363. The third kappa shape index (κ3) is 2.76. The van der Waals surface area contributed by atoms with Crippen LogP contribution in [0, 0.1) is 0 Å². The summed E-state index contributed by atoms with van der Waals surface area (Å²) in [6, 6.07) is 5.03. The second kappa shape index (κ2) is 4.30. The van der Waals surface area contributed by atoms with E-state index in [1.165, 1.54) is 6.08 Å². The van der Waals surface area contributed by atoms with Crippen LogP contribution in [-0.2, 0) is 4.79 Å². The molecule has 1 aromatic rings. The van der Waals surface area contributed by atoms with E-state index in [9.17, 15) is 4.79 Å². The fourth-order valence-electron chi connectivity index (χ4n) is 0.810. The highest BCUT2D eigenvalue weighted by Crippen LogP contribution is 2.26. The standard InChI is InChI=1S/C9H6Cl2O2/c10-7-3-1-2-6(9(7)11)4-5-8(12)13/h1-5H,(H,12,13)/b5-4+. The van der Waals surface area contributed by atoms with Gasteiger partial charge in [0.25, 0.3) is 0 Å². The number of carbonyl (C=O) groups is 1. The molecule has 2 nitrogen and oxygen atoms in total. The number of carboxylic acids is 1. The highest BCUT2D eigenvalue weighted by molar-refractivity contribution is 6.42. The summed E-state index contributed by atoms with van der Waals surface area (Å²) in [5, 5.41) is 9.15. The zero-order valence-electron chi connectivity index (χ0n) is 6.50. The first-order valence-corrected chi connectivity index (χ1v) is 4.22. The predicted molar refractivity (Wildman–Crippen MR) is 53.1 cm³/mol. The largest absolute Gasteiger partial charge is 0.478 e. The summed E-state index contributed by atoms with van der Waals surface area (Å²) in [7, 11) is 0. The Bertz CT molecular complexity index is 359. The van der Waals surface area contributed by atoms with Gasteiger partial charge in [-0.25, -0.2) is 4.79 Å². The summed E-state index contributed by atoms with van der Waals surface area (Å²) >= 11 is 11.5. The summed E-state index contributed by atoms with van der Waals surface area (Å²) in [5.41, 5.74) is 0.594. The van der Waals surface area contributed by atoms with Crippen LogP contribution in [-0.4, -0.2) is 11.1 Å². The van der Waals surface area contributed by atoms with Gasteiger partial charge >= 0.3 is 5.97 Å². The Morgan fingerprint density at radius 3 is 2.69 bits per heavy atom. The van der Waals surface area contributed by atoms with Crippen LogP contribution in [0.5, 0.6) is 0 Å². The van der Waals surface area contributed by atoms with E-state index in [-0.39, 0.29) is 0 Å². The maximum Gasteiger partial charge on any atom is 0.328 e. The van der Waals surface area contributed by atoms with Gasteiger partial charge in [-0.1, -0.05) is 35.3 Å². The number of hydrogen-bond donors (Lipinski definition) is 1. The molecular formula is C9H6Cl2O2. The van der Waals surface area contributed by atoms with E-state index in [4.69, 9.17) is 28.3 Å². The number of aliphatic carboxylic acids is 1. The molecule has 0 heterocycles. The van der Waals surface area contributed by atoms with Crippen molar-refractivity contribution >= 4 is 35.2 Å². The molecule has 0 radical (unpaired) electrons. The maximum absolute atomic E-state index is 10.2. The van der Waals surface area contributed by atoms with Crippen molar-refractivity contribution in [1.29, 1.82) is 0 Å². The normalized spacial score (nSPS) is 10.6. The van der Waals surface area contributed by atoms with Gasteiger partial charge in [-0.15, -0.1) is 0 Å². The van der Waals surface area contributed by atoms with E-state index < -0.39 is 5.97 Å². The second-order valence-corrected chi connectivity index (χ2v) is 3.10. The van der Waals surface area contributed by atoms with Crippen molar-refractivity contribution in [3.05, 3.63) is 39.9 Å². The van der Waals surface area contributed by atoms with Crippen LogP contribution in [0.4, 0.5) is 0 Å². The smallest absolute Gasteiger partial charge is 0.328 e.